The third-order valence-corrected chi connectivity index (χ3v) is 9.63. The smallest absolute Gasteiger partial charge is 0.262 e. The molecule has 0 bridgehead atoms. The second-order valence-corrected chi connectivity index (χ2v) is 12.4. The lowest BCUT2D eigenvalue weighted by molar-refractivity contribution is -0.0136. The number of benzene rings is 3. The minimum atomic E-state index is -0.812. The van der Waals surface area contributed by atoms with Gasteiger partial charge in [-0.25, -0.2) is 9.97 Å². The number of amides is 2. The summed E-state index contributed by atoms with van der Waals surface area (Å²) in [6.07, 6.45) is 6.64. The molecule has 0 aliphatic carbocycles. The van der Waals surface area contributed by atoms with Crippen molar-refractivity contribution >= 4 is 28.4 Å². The van der Waals surface area contributed by atoms with Crippen LogP contribution in [0.1, 0.15) is 39.1 Å². The molecule has 7 aromatic rings. The van der Waals surface area contributed by atoms with Gasteiger partial charge >= 0.3 is 0 Å². The largest absolute Gasteiger partial charge is 0.381 e. The maximum atomic E-state index is 13.7. The summed E-state index contributed by atoms with van der Waals surface area (Å²) in [6.45, 7) is 0.914. The highest BCUT2D eigenvalue weighted by Gasteiger charge is 2.50. The van der Waals surface area contributed by atoms with E-state index in [1.165, 1.54) is 4.90 Å². The van der Waals surface area contributed by atoms with Crippen molar-refractivity contribution in [1.82, 2.24) is 34.0 Å². The number of aromatic nitrogens is 6. The predicted molar refractivity (Wildman–Crippen MR) is 180 cm³/mol. The van der Waals surface area contributed by atoms with Crippen molar-refractivity contribution in [2.24, 2.45) is 7.05 Å². The first-order valence-electron chi connectivity index (χ1n) is 15.9. The number of fused-ring (bicyclic) bond motifs is 4. The SMILES string of the molecule is Cn1cnc(-c2nnc3c4cc(-c5ccccc5)c(-c5ccc(C6(N7C(=O)c8ccccc8C7=O)CCOCC6)cc5)nc4ccn23)c1. The van der Waals surface area contributed by atoms with Crippen LogP contribution >= 0.6 is 0 Å². The Bertz CT molecular complexity index is 2350. The van der Waals surface area contributed by atoms with E-state index in [2.05, 4.69) is 33.4 Å². The fraction of sp³-hybridized carbons (Fsp3) is 0.158. The van der Waals surface area contributed by atoms with Crippen LogP contribution < -0.4 is 0 Å². The van der Waals surface area contributed by atoms with Crippen molar-refractivity contribution in [2.75, 3.05) is 13.2 Å². The maximum absolute atomic E-state index is 13.7. The number of ether oxygens (including phenoxy) is 1. The van der Waals surface area contributed by atoms with Crippen molar-refractivity contribution in [1.29, 1.82) is 0 Å². The van der Waals surface area contributed by atoms with Gasteiger partial charge in [0.1, 0.15) is 5.69 Å². The van der Waals surface area contributed by atoms with Crippen molar-refractivity contribution in [3.05, 3.63) is 126 Å². The monoisotopic (exact) mass is 631 g/mol. The number of imidazole rings is 1. The number of hydrogen-bond acceptors (Lipinski definition) is 7. The van der Waals surface area contributed by atoms with Gasteiger partial charge in [-0.3, -0.25) is 18.9 Å². The number of hydrogen-bond donors (Lipinski definition) is 0. The van der Waals surface area contributed by atoms with Crippen LogP contribution in [0.2, 0.25) is 0 Å². The second-order valence-electron chi connectivity index (χ2n) is 12.4. The van der Waals surface area contributed by atoms with Crippen LogP contribution in [0.3, 0.4) is 0 Å². The van der Waals surface area contributed by atoms with Crippen LogP contribution in [0.4, 0.5) is 0 Å². The molecule has 48 heavy (non-hydrogen) atoms. The molecule has 1 saturated heterocycles. The maximum Gasteiger partial charge on any atom is 0.262 e. The highest BCUT2D eigenvalue weighted by atomic mass is 16.5. The average Bonchev–Trinajstić information content (AvgIpc) is 3.84. The zero-order valence-electron chi connectivity index (χ0n) is 26.1. The summed E-state index contributed by atoms with van der Waals surface area (Å²) >= 11 is 0. The molecule has 0 radical (unpaired) electrons. The van der Waals surface area contributed by atoms with Crippen molar-refractivity contribution in [2.45, 2.75) is 18.4 Å². The molecular formula is C38H29N7O3. The summed E-state index contributed by atoms with van der Waals surface area (Å²) in [6, 6.07) is 29.5. The summed E-state index contributed by atoms with van der Waals surface area (Å²) in [5.41, 5.74) is 6.91. The fourth-order valence-corrected chi connectivity index (χ4v) is 7.22. The standard InChI is InChI=1S/C38H29N7O3/c1-43-22-32(39-23-43)35-42-41-34-30-21-29(24-7-3-2-4-8-24)33(40-31(30)15-18-44(34)35)25-11-13-26(14-12-25)38(16-19-48-20-17-38)45-36(46)27-9-5-6-10-28(27)37(45)47/h2-15,18,21-23H,16-17,19-20H2,1H3. The number of nitrogens with zero attached hydrogens (tertiary/aromatic N) is 7. The topological polar surface area (TPSA) is 108 Å². The Morgan fingerprint density at radius 2 is 1.48 bits per heavy atom. The van der Waals surface area contributed by atoms with Gasteiger partial charge in [0, 0.05) is 49.2 Å². The zero-order chi connectivity index (χ0) is 32.4. The van der Waals surface area contributed by atoms with E-state index in [0.29, 0.717) is 48.7 Å². The Balaban J connectivity index is 1.17. The number of rotatable bonds is 5. The van der Waals surface area contributed by atoms with E-state index < -0.39 is 5.54 Å². The minimum Gasteiger partial charge on any atom is -0.381 e. The Labute approximate surface area is 275 Å². The van der Waals surface area contributed by atoms with Crippen LogP contribution in [0.5, 0.6) is 0 Å². The Morgan fingerprint density at radius 1 is 0.771 bits per heavy atom. The highest BCUT2D eigenvalue weighted by Crippen LogP contribution is 2.44. The molecule has 2 amide bonds. The molecule has 0 unspecified atom stereocenters. The lowest BCUT2D eigenvalue weighted by Gasteiger charge is -2.43. The van der Waals surface area contributed by atoms with Crippen LogP contribution in [-0.2, 0) is 17.3 Å². The van der Waals surface area contributed by atoms with Crippen LogP contribution in [0, 0.1) is 0 Å². The second kappa shape index (κ2) is 10.8. The number of imide groups is 1. The van der Waals surface area contributed by atoms with Crippen LogP contribution in [0.15, 0.2) is 110 Å². The first-order valence-corrected chi connectivity index (χ1v) is 15.9. The van der Waals surface area contributed by atoms with E-state index in [1.807, 2.05) is 76.9 Å². The third kappa shape index (κ3) is 4.22. The minimum absolute atomic E-state index is 0.255. The molecule has 0 N–H and O–H groups in total. The van der Waals surface area contributed by atoms with Crippen LogP contribution in [0.25, 0.3) is 50.5 Å². The van der Waals surface area contributed by atoms with E-state index in [4.69, 9.17) is 9.72 Å². The Morgan fingerprint density at radius 3 is 2.17 bits per heavy atom. The van der Waals surface area contributed by atoms with Crippen molar-refractivity contribution in [3.63, 3.8) is 0 Å². The molecule has 10 nitrogen and oxygen atoms in total. The van der Waals surface area contributed by atoms with Gasteiger partial charge in [-0.05, 0) is 48.2 Å². The van der Waals surface area contributed by atoms with E-state index in [9.17, 15) is 9.59 Å². The molecule has 3 aromatic carbocycles. The van der Waals surface area contributed by atoms with Gasteiger partial charge < -0.3 is 9.30 Å². The number of aryl methyl sites for hydroxylation is 1. The third-order valence-electron chi connectivity index (χ3n) is 9.63. The Kier molecular flexibility index (Phi) is 6.34. The summed E-state index contributed by atoms with van der Waals surface area (Å²) < 4.78 is 9.56. The molecule has 10 heteroatoms. The predicted octanol–water partition coefficient (Wildman–Crippen LogP) is 6.31. The van der Waals surface area contributed by atoms with Gasteiger partial charge in [0.05, 0.1) is 34.2 Å². The van der Waals surface area contributed by atoms with E-state index in [1.54, 1.807) is 30.6 Å². The number of carbonyl (C=O) groups is 2. The molecular weight excluding hydrogens is 602 g/mol. The van der Waals surface area contributed by atoms with Gasteiger partial charge in [0.25, 0.3) is 11.8 Å². The highest BCUT2D eigenvalue weighted by molar-refractivity contribution is 6.22. The van der Waals surface area contributed by atoms with E-state index in [0.717, 1.165) is 44.5 Å². The normalized spacial score (nSPS) is 15.8. The first kappa shape index (κ1) is 28.2. The van der Waals surface area contributed by atoms with Crippen LogP contribution in [-0.4, -0.2) is 59.1 Å². The lowest BCUT2D eigenvalue weighted by Crippen LogP contribution is -2.52. The lowest BCUT2D eigenvalue weighted by atomic mass is 9.80. The first-order chi connectivity index (χ1) is 23.5. The molecule has 1 fully saturated rings. The quantitative estimate of drug-likeness (QED) is 0.205. The van der Waals surface area contributed by atoms with Gasteiger partial charge in [0.15, 0.2) is 11.5 Å². The van der Waals surface area contributed by atoms with E-state index >= 15 is 0 Å². The molecule has 0 spiro atoms. The summed E-state index contributed by atoms with van der Waals surface area (Å²) in [5, 5.41) is 9.91. The van der Waals surface area contributed by atoms with Crippen molar-refractivity contribution in [3.8, 4) is 33.9 Å². The Hall–Kier alpha value is -6.00. The molecule has 6 heterocycles. The van der Waals surface area contributed by atoms with Gasteiger partial charge in [-0.15, -0.1) is 10.2 Å². The van der Waals surface area contributed by atoms with Crippen molar-refractivity contribution < 1.29 is 14.3 Å². The summed E-state index contributed by atoms with van der Waals surface area (Å²) in [5.74, 6) is 0.152. The molecule has 234 valence electrons. The molecule has 2 aliphatic rings. The zero-order valence-corrected chi connectivity index (χ0v) is 26.1. The fourth-order valence-electron chi connectivity index (χ4n) is 7.22. The van der Waals surface area contributed by atoms with E-state index in [-0.39, 0.29) is 11.8 Å². The van der Waals surface area contributed by atoms with Gasteiger partial charge in [-0.2, -0.15) is 0 Å². The number of carbonyl (C=O) groups excluding carboxylic acids is 2. The van der Waals surface area contributed by atoms with Gasteiger partial charge in [0.2, 0.25) is 0 Å². The molecule has 0 atom stereocenters. The van der Waals surface area contributed by atoms with Gasteiger partial charge in [-0.1, -0.05) is 66.7 Å². The molecule has 9 rings (SSSR count). The summed E-state index contributed by atoms with van der Waals surface area (Å²) in [4.78, 5) is 38.6. The number of pyridine rings is 2. The average molecular weight is 632 g/mol. The molecule has 2 aliphatic heterocycles. The molecule has 4 aromatic heterocycles. The molecule has 0 saturated carbocycles. The summed E-state index contributed by atoms with van der Waals surface area (Å²) in [7, 11) is 1.92.